The van der Waals surface area contributed by atoms with Gasteiger partial charge in [-0.1, -0.05) is 6.42 Å². The molecule has 1 aliphatic carbocycles. The van der Waals surface area contributed by atoms with Crippen LogP contribution in [0.4, 0.5) is 4.79 Å². The summed E-state index contributed by atoms with van der Waals surface area (Å²) in [4.78, 5) is 23.9. The van der Waals surface area contributed by atoms with Gasteiger partial charge in [0.25, 0.3) is 0 Å². The van der Waals surface area contributed by atoms with Crippen molar-refractivity contribution in [2.24, 2.45) is 11.8 Å². The highest BCUT2D eigenvalue weighted by molar-refractivity contribution is 6.01. The molecule has 2 atom stereocenters. The Morgan fingerprint density at radius 2 is 2.07 bits per heavy atom. The van der Waals surface area contributed by atoms with Crippen LogP contribution >= 0.6 is 0 Å². The van der Waals surface area contributed by atoms with Crippen LogP contribution in [0.25, 0.3) is 0 Å². The molecule has 0 aromatic carbocycles. The highest BCUT2D eigenvalue weighted by Crippen LogP contribution is 2.32. The highest BCUT2D eigenvalue weighted by Gasteiger charge is 2.34. The SMILES string of the molecule is O=C1CNC(=O)N1CC1CCCC1CO. The molecule has 0 radical (unpaired) electrons. The minimum Gasteiger partial charge on any atom is -0.396 e. The fraction of sp³-hybridized carbons (Fsp3) is 0.800. The van der Waals surface area contributed by atoms with Gasteiger partial charge in [-0.15, -0.1) is 0 Å². The fourth-order valence-electron chi connectivity index (χ4n) is 2.47. The van der Waals surface area contributed by atoms with Gasteiger partial charge in [-0.2, -0.15) is 0 Å². The summed E-state index contributed by atoms with van der Waals surface area (Å²) in [5, 5.41) is 11.6. The molecular weight excluding hydrogens is 196 g/mol. The lowest BCUT2D eigenvalue weighted by atomic mass is 9.96. The summed E-state index contributed by atoms with van der Waals surface area (Å²) in [5.74, 6) is 0.387. The van der Waals surface area contributed by atoms with Gasteiger partial charge in [0, 0.05) is 13.2 Å². The number of rotatable bonds is 3. The van der Waals surface area contributed by atoms with Gasteiger partial charge in [0.2, 0.25) is 5.91 Å². The normalized spacial score (nSPS) is 31.1. The van der Waals surface area contributed by atoms with Crippen molar-refractivity contribution < 1.29 is 14.7 Å². The summed E-state index contributed by atoms with van der Waals surface area (Å²) < 4.78 is 0. The number of hydrogen-bond acceptors (Lipinski definition) is 3. The van der Waals surface area contributed by atoms with Crippen LogP contribution < -0.4 is 5.32 Å². The quantitative estimate of drug-likeness (QED) is 0.644. The number of imide groups is 1. The van der Waals surface area contributed by atoms with Crippen molar-refractivity contribution >= 4 is 11.9 Å². The van der Waals surface area contributed by atoms with Gasteiger partial charge in [0.1, 0.15) is 0 Å². The van der Waals surface area contributed by atoms with Gasteiger partial charge in [0.15, 0.2) is 0 Å². The van der Waals surface area contributed by atoms with Crippen LogP contribution in [-0.4, -0.2) is 41.6 Å². The van der Waals surface area contributed by atoms with Crippen molar-refractivity contribution in [3.8, 4) is 0 Å². The number of nitrogens with one attached hydrogen (secondary N) is 1. The molecule has 5 nitrogen and oxygen atoms in total. The number of amides is 3. The Labute approximate surface area is 88.4 Å². The monoisotopic (exact) mass is 212 g/mol. The first-order chi connectivity index (χ1) is 7.22. The van der Waals surface area contributed by atoms with Gasteiger partial charge in [-0.3, -0.25) is 9.69 Å². The molecule has 1 heterocycles. The minimum absolute atomic E-state index is 0.120. The van der Waals surface area contributed by atoms with Gasteiger partial charge in [-0.25, -0.2) is 4.79 Å². The standard InChI is InChI=1S/C10H16N2O3/c13-6-8-3-1-2-7(8)5-12-9(14)4-11-10(12)15/h7-8,13H,1-6H2,(H,11,15). The summed E-state index contributed by atoms with van der Waals surface area (Å²) in [6.07, 6.45) is 3.09. The number of hydrogen-bond donors (Lipinski definition) is 2. The largest absolute Gasteiger partial charge is 0.396 e. The van der Waals surface area contributed by atoms with Gasteiger partial charge in [-0.05, 0) is 24.7 Å². The van der Waals surface area contributed by atoms with Crippen molar-refractivity contribution in [3.05, 3.63) is 0 Å². The Morgan fingerprint density at radius 1 is 1.33 bits per heavy atom. The van der Waals surface area contributed by atoms with Crippen molar-refractivity contribution in [1.29, 1.82) is 0 Å². The number of aliphatic hydroxyl groups excluding tert-OH is 1. The second-order valence-corrected chi connectivity index (χ2v) is 4.30. The van der Waals surface area contributed by atoms with Crippen LogP contribution in [0.5, 0.6) is 0 Å². The second kappa shape index (κ2) is 4.18. The van der Waals surface area contributed by atoms with E-state index < -0.39 is 0 Å². The Hall–Kier alpha value is -1.10. The molecular formula is C10H16N2O3. The zero-order chi connectivity index (χ0) is 10.8. The molecule has 0 spiro atoms. The number of urea groups is 1. The average Bonchev–Trinajstić information content (AvgIpc) is 2.79. The van der Waals surface area contributed by atoms with Crippen LogP contribution in [0.3, 0.4) is 0 Å². The molecule has 0 aromatic rings. The van der Waals surface area contributed by atoms with Crippen LogP contribution in [0.2, 0.25) is 0 Å². The molecule has 1 saturated carbocycles. The van der Waals surface area contributed by atoms with E-state index in [2.05, 4.69) is 5.32 Å². The van der Waals surface area contributed by atoms with E-state index in [1.807, 2.05) is 0 Å². The first-order valence-electron chi connectivity index (χ1n) is 5.41. The number of carbonyl (C=O) groups is 2. The third-order valence-corrected chi connectivity index (χ3v) is 3.41. The molecule has 3 amide bonds. The van der Waals surface area contributed by atoms with E-state index in [4.69, 9.17) is 5.11 Å². The molecule has 84 valence electrons. The Kier molecular flexibility index (Phi) is 2.90. The lowest BCUT2D eigenvalue weighted by Crippen LogP contribution is -2.37. The topological polar surface area (TPSA) is 69.6 Å². The van der Waals surface area contributed by atoms with E-state index in [-0.39, 0.29) is 36.9 Å². The van der Waals surface area contributed by atoms with Crippen LogP contribution in [0.15, 0.2) is 0 Å². The maximum absolute atomic E-state index is 11.3. The second-order valence-electron chi connectivity index (χ2n) is 4.30. The highest BCUT2D eigenvalue weighted by atomic mass is 16.3. The maximum atomic E-state index is 11.3. The third-order valence-electron chi connectivity index (χ3n) is 3.41. The lowest BCUT2D eigenvalue weighted by Gasteiger charge is -2.21. The lowest BCUT2D eigenvalue weighted by molar-refractivity contribution is -0.125. The van der Waals surface area contributed by atoms with Crippen molar-refractivity contribution in [1.82, 2.24) is 10.2 Å². The number of aliphatic hydroxyl groups is 1. The zero-order valence-corrected chi connectivity index (χ0v) is 8.61. The Morgan fingerprint density at radius 3 is 2.67 bits per heavy atom. The summed E-state index contributed by atoms with van der Waals surface area (Å²) in [7, 11) is 0. The molecule has 2 N–H and O–H groups in total. The fourth-order valence-corrected chi connectivity index (χ4v) is 2.47. The molecule has 15 heavy (non-hydrogen) atoms. The molecule has 2 aliphatic rings. The van der Waals surface area contributed by atoms with Crippen LogP contribution in [-0.2, 0) is 4.79 Å². The van der Waals surface area contributed by atoms with E-state index in [1.165, 1.54) is 4.90 Å². The van der Waals surface area contributed by atoms with E-state index in [0.29, 0.717) is 6.54 Å². The molecule has 1 saturated heterocycles. The number of nitrogens with zero attached hydrogens (tertiary/aromatic N) is 1. The van der Waals surface area contributed by atoms with Crippen molar-refractivity contribution in [2.75, 3.05) is 19.7 Å². The van der Waals surface area contributed by atoms with Gasteiger partial charge >= 0.3 is 6.03 Å². The predicted molar refractivity (Wildman–Crippen MR) is 53.0 cm³/mol. The Balaban J connectivity index is 1.95. The zero-order valence-electron chi connectivity index (χ0n) is 8.61. The van der Waals surface area contributed by atoms with E-state index in [9.17, 15) is 9.59 Å². The smallest absolute Gasteiger partial charge is 0.324 e. The average molecular weight is 212 g/mol. The first kappa shape index (κ1) is 10.4. The number of carbonyl (C=O) groups excluding carboxylic acids is 2. The summed E-state index contributed by atoms with van der Waals surface area (Å²) in [6.45, 7) is 0.750. The summed E-state index contributed by atoms with van der Waals surface area (Å²) >= 11 is 0. The first-order valence-corrected chi connectivity index (χ1v) is 5.41. The molecule has 5 heteroatoms. The Bertz CT molecular complexity index is 264. The van der Waals surface area contributed by atoms with Gasteiger partial charge < -0.3 is 10.4 Å². The van der Waals surface area contributed by atoms with E-state index in [0.717, 1.165) is 19.3 Å². The van der Waals surface area contributed by atoms with Crippen molar-refractivity contribution in [2.45, 2.75) is 19.3 Å². The van der Waals surface area contributed by atoms with E-state index >= 15 is 0 Å². The molecule has 0 aromatic heterocycles. The maximum Gasteiger partial charge on any atom is 0.324 e. The summed E-state index contributed by atoms with van der Waals surface area (Å²) in [5.41, 5.74) is 0. The van der Waals surface area contributed by atoms with Crippen LogP contribution in [0.1, 0.15) is 19.3 Å². The van der Waals surface area contributed by atoms with Gasteiger partial charge in [0.05, 0.1) is 6.54 Å². The predicted octanol–water partition coefficient (Wildman–Crippen LogP) is -0.0532. The molecule has 2 fully saturated rings. The van der Waals surface area contributed by atoms with Crippen LogP contribution in [0, 0.1) is 11.8 Å². The molecule has 1 aliphatic heterocycles. The molecule has 2 rings (SSSR count). The molecule has 0 bridgehead atoms. The molecule has 2 unspecified atom stereocenters. The minimum atomic E-state index is -0.288. The third kappa shape index (κ3) is 1.97. The van der Waals surface area contributed by atoms with E-state index in [1.54, 1.807) is 0 Å². The summed E-state index contributed by atoms with van der Waals surface area (Å²) in [6, 6.07) is -0.288. The van der Waals surface area contributed by atoms with Crippen molar-refractivity contribution in [3.63, 3.8) is 0 Å².